The van der Waals surface area contributed by atoms with Gasteiger partial charge in [0.15, 0.2) is 11.6 Å². The van der Waals surface area contributed by atoms with Crippen LogP contribution in [0.25, 0.3) is 0 Å². The highest BCUT2D eigenvalue weighted by molar-refractivity contribution is 7.92. The fraction of sp³-hybridized carbons (Fsp3) is 0.182. The number of carbonyl (C=O) groups excluding carboxylic acids is 1. The van der Waals surface area contributed by atoms with Crippen LogP contribution in [0.15, 0.2) is 71.9 Å². The van der Waals surface area contributed by atoms with Crippen molar-refractivity contribution in [2.24, 2.45) is 0 Å². The van der Waals surface area contributed by atoms with Gasteiger partial charge in [-0.3, -0.25) is 14.5 Å². The molecule has 1 aliphatic carbocycles. The number of carbonyl (C=O) groups is 1. The number of aromatic nitrogens is 1. The Hall–Kier alpha value is -3.33. The molecule has 0 saturated heterocycles. The Kier molecular flexibility index (Phi) is 5.69. The van der Waals surface area contributed by atoms with Crippen molar-refractivity contribution in [3.05, 3.63) is 89.8 Å². The fourth-order valence-corrected chi connectivity index (χ4v) is 4.22. The summed E-state index contributed by atoms with van der Waals surface area (Å²) in [5, 5.41) is 0. The lowest BCUT2D eigenvalue weighted by atomic mass is 10.1. The van der Waals surface area contributed by atoms with Gasteiger partial charge in [0.25, 0.3) is 15.9 Å². The van der Waals surface area contributed by atoms with E-state index in [4.69, 9.17) is 0 Å². The number of nitrogens with one attached hydrogen (secondary N) is 1. The van der Waals surface area contributed by atoms with Crippen molar-refractivity contribution < 1.29 is 22.0 Å². The molecule has 160 valence electrons. The molecule has 31 heavy (non-hydrogen) atoms. The first-order valence-corrected chi connectivity index (χ1v) is 11.1. The van der Waals surface area contributed by atoms with Gasteiger partial charge >= 0.3 is 0 Å². The molecule has 0 atom stereocenters. The Labute approximate surface area is 178 Å². The highest BCUT2D eigenvalue weighted by Crippen LogP contribution is 2.30. The second kappa shape index (κ2) is 8.43. The van der Waals surface area contributed by atoms with Crippen LogP contribution in [0, 0.1) is 11.6 Å². The summed E-state index contributed by atoms with van der Waals surface area (Å²) in [4.78, 5) is 18.5. The highest BCUT2D eigenvalue weighted by atomic mass is 32.2. The number of benzene rings is 2. The summed E-state index contributed by atoms with van der Waals surface area (Å²) in [6.45, 7) is 0.446. The third-order valence-corrected chi connectivity index (χ3v) is 6.29. The number of rotatable bonds is 7. The molecule has 9 heteroatoms. The Bertz CT molecular complexity index is 1200. The zero-order valence-corrected chi connectivity index (χ0v) is 17.1. The lowest BCUT2D eigenvalue weighted by molar-refractivity contribution is 0.0730. The minimum atomic E-state index is -4.11. The van der Waals surface area contributed by atoms with Gasteiger partial charge in [0.1, 0.15) is 0 Å². The second-order valence-corrected chi connectivity index (χ2v) is 8.97. The van der Waals surface area contributed by atoms with Gasteiger partial charge in [0.05, 0.1) is 4.90 Å². The van der Waals surface area contributed by atoms with Gasteiger partial charge < -0.3 is 4.90 Å². The van der Waals surface area contributed by atoms with Crippen molar-refractivity contribution in [1.29, 1.82) is 0 Å². The van der Waals surface area contributed by atoms with Crippen LogP contribution in [0.5, 0.6) is 0 Å². The molecule has 6 nitrogen and oxygen atoms in total. The zero-order valence-electron chi connectivity index (χ0n) is 16.3. The molecule has 2 aromatic carbocycles. The van der Waals surface area contributed by atoms with Crippen molar-refractivity contribution >= 4 is 21.6 Å². The molecule has 0 spiro atoms. The van der Waals surface area contributed by atoms with Gasteiger partial charge in [-0.2, -0.15) is 0 Å². The van der Waals surface area contributed by atoms with E-state index >= 15 is 0 Å². The van der Waals surface area contributed by atoms with Crippen LogP contribution in [-0.2, 0) is 16.6 Å². The first kappa shape index (κ1) is 20.9. The average Bonchev–Trinajstić information content (AvgIpc) is 3.60. The molecule has 0 radical (unpaired) electrons. The molecule has 0 bridgehead atoms. The molecule has 1 heterocycles. The lowest BCUT2D eigenvalue weighted by Crippen LogP contribution is -2.32. The number of hydrogen-bond donors (Lipinski definition) is 1. The molecular weight excluding hydrogens is 424 g/mol. The van der Waals surface area contributed by atoms with E-state index in [2.05, 4.69) is 9.71 Å². The van der Waals surface area contributed by atoms with Crippen LogP contribution in [0.2, 0.25) is 0 Å². The van der Waals surface area contributed by atoms with Crippen molar-refractivity contribution in [2.75, 3.05) is 4.72 Å². The molecule has 0 aliphatic heterocycles. The quantitative estimate of drug-likeness (QED) is 0.599. The zero-order chi connectivity index (χ0) is 22.0. The number of sulfonamides is 1. The second-order valence-electron chi connectivity index (χ2n) is 7.28. The van der Waals surface area contributed by atoms with E-state index in [-0.39, 0.29) is 17.6 Å². The van der Waals surface area contributed by atoms with Gasteiger partial charge in [0, 0.05) is 36.2 Å². The summed E-state index contributed by atoms with van der Waals surface area (Å²) >= 11 is 0. The van der Waals surface area contributed by atoms with E-state index in [0.29, 0.717) is 18.2 Å². The summed E-state index contributed by atoms with van der Waals surface area (Å²) in [5.74, 6) is -2.53. The van der Waals surface area contributed by atoms with Crippen molar-refractivity contribution in [1.82, 2.24) is 9.88 Å². The van der Waals surface area contributed by atoms with E-state index in [9.17, 15) is 22.0 Å². The van der Waals surface area contributed by atoms with Crippen LogP contribution in [0.3, 0.4) is 0 Å². The molecule has 1 N–H and O–H groups in total. The topological polar surface area (TPSA) is 79.4 Å². The standard InChI is InChI=1S/C22H19F2N3O3S/c23-20-10-9-19(12-21(20)24)31(29,30)26-17-5-3-16(4-6-17)22(28)27(18-7-8-18)14-15-2-1-11-25-13-15/h1-6,9-13,18,26H,7-8,14H2. The van der Waals surface area contributed by atoms with E-state index in [1.54, 1.807) is 17.3 Å². The van der Waals surface area contributed by atoms with Crippen molar-refractivity contribution in [2.45, 2.75) is 30.3 Å². The van der Waals surface area contributed by atoms with Gasteiger partial charge in [0.2, 0.25) is 0 Å². The minimum absolute atomic E-state index is 0.152. The van der Waals surface area contributed by atoms with Gasteiger partial charge in [-0.05, 0) is 66.9 Å². The number of hydrogen-bond acceptors (Lipinski definition) is 4. The molecular formula is C22H19F2N3O3S. The lowest BCUT2D eigenvalue weighted by Gasteiger charge is -2.22. The van der Waals surface area contributed by atoms with E-state index in [1.165, 1.54) is 24.3 Å². The largest absolute Gasteiger partial charge is 0.331 e. The van der Waals surface area contributed by atoms with Gasteiger partial charge in [-0.15, -0.1) is 0 Å². The number of pyridine rings is 1. The Morgan fingerprint density at radius 3 is 2.42 bits per heavy atom. The third kappa shape index (κ3) is 4.88. The Balaban J connectivity index is 1.49. The molecule has 1 saturated carbocycles. The Morgan fingerprint density at radius 1 is 1.06 bits per heavy atom. The maximum absolute atomic E-state index is 13.4. The molecule has 1 aromatic heterocycles. The molecule has 0 unspecified atom stereocenters. The van der Waals surface area contributed by atoms with Crippen molar-refractivity contribution in [3.8, 4) is 0 Å². The maximum Gasteiger partial charge on any atom is 0.261 e. The molecule has 3 aromatic rings. The van der Waals surface area contributed by atoms with Crippen LogP contribution < -0.4 is 4.72 Å². The third-order valence-electron chi connectivity index (χ3n) is 4.91. The van der Waals surface area contributed by atoms with E-state index < -0.39 is 26.6 Å². The van der Waals surface area contributed by atoms with Crippen LogP contribution in [0.4, 0.5) is 14.5 Å². The number of nitrogens with zero attached hydrogens (tertiary/aromatic N) is 2. The van der Waals surface area contributed by atoms with Crippen molar-refractivity contribution in [3.63, 3.8) is 0 Å². The van der Waals surface area contributed by atoms with Gasteiger partial charge in [-0.25, -0.2) is 17.2 Å². The average molecular weight is 443 g/mol. The predicted molar refractivity (Wildman–Crippen MR) is 111 cm³/mol. The summed E-state index contributed by atoms with van der Waals surface area (Å²) in [6, 6.07) is 12.2. The fourth-order valence-electron chi connectivity index (χ4n) is 3.15. The highest BCUT2D eigenvalue weighted by Gasteiger charge is 2.33. The molecule has 1 amide bonds. The SMILES string of the molecule is O=C(c1ccc(NS(=O)(=O)c2ccc(F)c(F)c2)cc1)N(Cc1cccnc1)C1CC1. The monoisotopic (exact) mass is 443 g/mol. The van der Waals surface area contributed by atoms with Crippen LogP contribution in [0.1, 0.15) is 28.8 Å². The van der Waals surface area contributed by atoms with Crippen LogP contribution >= 0.6 is 0 Å². The van der Waals surface area contributed by atoms with Gasteiger partial charge in [-0.1, -0.05) is 6.07 Å². The number of anilines is 1. The number of halogens is 2. The van der Waals surface area contributed by atoms with Crippen LogP contribution in [-0.4, -0.2) is 30.3 Å². The Morgan fingerprint density at radius 2 is 1.81 bits per heavy atom. The first-order chi connectivity index (χ1) is 14.8. The first-order valence-electron chi connectivity index (χ1n) is 9.61. The summed E-state index contributed by atoms with van der Waals surface area (Å²) < 4.78 is 53.6. The summed E-state index contributed by atoms with van der Waals surface area (Å²) in [7, 11) is -4.11. The molecule has 4 rings (SSSR count). The number of amides is 1. The smallest absolute Gasteiger partial charge is 0.261 e. The molecule has 1 fully saturated rings. The van der Waals surface area contributed by atoms with E-state index in [1.807, 2.05) is 12.1 Å². The predicted octanol–water partition coefficient (Wildman–Crippen LogP) is 3.97. The maximum atomic E-state index is 13.4. The normalized spacial score (nSPS) is 13.6. The molecule has 1 aliphatic rings. The minimum Gasteiger partial charge on any atom is -0.331 e. The summed E-state index contributed by atoms with van der Waals surface area (Å²) in [5.41, 5.74) is 1.55. The summed E-state index contributed by atoms with van der Waals surface area (Å²) in [6.07, 6.45) is 5.28. The van der Waals surface area contributed by atoms with E-state index in [0.717, 1.165) is 30.5 Å².